The lowest BCUT2D eigenvalue weighted by Gasteiger charge is -2.31. The minimum Gasteiger partial charge on any atom is -0.301 e. The zero-order valence-electron chi connectivity index (χ0n) is 8.37. The van der Waals surface area contributed by atoms with Gasteiger partial charge in [-0.3, -0.25) is 14.7 Å². The number of nitrogens with zero attached hydrogens (tertiary/aromatic N) is 1. The summed E-state index contributed by atoms with van der Waals surface area (Å²) in [6.45, 7) is 4.71. The molecule has 14 heavy (non-hydrogen) atoms. The predicted octanol–water partition coefficient (Wildman–Crippen LogP) is 2.02. The Labute approximate surface area is 82.3 Å². The Morgan fingerprint density at radius 2 is 1.86 bits per heavy atom. The van der Waals surface area contributed by atoms with E-state index in [0.717, 1.165) is 0 Å². The first kappa shape index (κ1) is 11.6. The summed E-state index contributed by atoms with van der Waals surface area (Å²) in [7, 11) is -3.57. The van der Waals surface area contributed by atoms with E-state index in [1.165, 1.54) is 6.92 Å². The van der Waals surface area contributed by atoms with Crippen molar-refractivity contribution in [2.75, 3.05) is 0 Å². The van der Waals surface area contributed by atoms with E-state index < -0.39 is 18.3 Å². The first-order valence-electron chi connectivity index (χ1n) is 4.45. The van der Waals surface area contributed by atoms with Crippen LogP contribution in [0.1, 0.15) is 27.2 Å². The maximum Gasteiger partial charge on any atom is 0.404 e. The Bertz CT molecular complexity index is 267. The summed E-state index contributed by atoms with van der Waals surface area (Å²) in [5.41, 5.74) is 0. The predicted molar refractivity (Wildman–Crippen MR) is 49.8 cm³/mol. The summed E-state index contributed by atoms with van der Waals surface area (Å²) in [6, 6.07) is 0. The van der Waals surface area contributed by atoms with Crippen LogP contribution in [0.25, 0.3) is 0 Å². The van der Waals surface area contributed by atoms with Crippen LogP contribution in [0, 0.1) is 10.1 Å². The van der Waals surface area contributed by atoms with Gasteiger partial charge in [-0.1, -0.05) is 0 Å². The summed E-state index contributed by atoms with van der Waals surface area (Å²) in [5.74, 6) is -1.30. The van der Waals surface area contributed by atoms with E-state index in [1.807, 2.05) is 0 Å². The molecule has 3 atom stereocenters. The van der Waals surface area contributed by atoms with Gasteiger partial charge in [-0.25, -0.2) is 0 Å². The fourth-order valence-corrected chi connectivity index (χ4v) is 3.18. The van der Waals surface area contributed by atoms with E-state index in [9.17, 15) is 14.7 Å². The maximum atomic E-state index is 11.9. The first-order valence-corrected chi connectivity index (χ1v) is 6.06. The lowest BCUT2D eigenvalue weighted by atomic mass is 10.2. The summed E-state index contributed by atoms with van der Waals surface area (Å²) < 4.78 is 22.0. The molecule has 0 aliphatic carbocycles. The van der Waals surface area contributed by atoms with Crippen molar-refractivity contribution in [2.45, 2.75) is 45.2 Å². The molecule has 1 heterocycles. The van der Waals surface area contributed by atoms with E-state index in [-0.39, 0.29) is 12.2 Å². The molecule has 0 N–H and O–H groups in total. The van der Waals surface area contributed by atoms with Crippen molar-refractivity contribution < 1.29 is 18.5 Å². The molecule has 1 saturated heterocycles. The fraction of sp³-hybridized carbons (Fsp3) is 1.00. The van der Waals surface area contributed by atoms with Gasteiger partial charge < -0.3 is 9.05 Å². The monoisotopic (exact) mass is 223 g/mol. The molecule has 0 spiro atoms. The molecule has 0 aromatic carbocycles. The Balaban J connectivity index is 2.82. The molecule has 0 saturated carbocycles. The second kappa shape index (κ2) is 3.96. The SMILES string of the molecule is CC1CC(C)OP(=O)(C(C)[N+](=O)[O-])O1. The molecular weight excluding hydrogens is 209 g/mol. The van der Waals surface area contributed by atoms with Gasteiger partial charge in [-0.2, -0.15) is 0 Å². The van der Waals surface area contributed by atoms with Crippen LogP contribution in [0.15, 0.2) is 0 Å². The first-order chi connectivity index (χ1) is 6.35. The molecule has 1 aliphatic rings. The van der Waals surface area contributed by atoms with E-state index in [2.05, 4.69) is 0 Å². The molecule has 3 unspecified atom stereocenters. The molecule has 0 bridgehead atoms. The zero-order chi connectivity index (χ0) is 10.9. The lowest BCUT2D eigenvalue weighted by Crippen LogP contribution is -2.30. The van der Waals surface area contributed by atoms with Crippen LogP contribution in [-0.2, 0) is 13.6 Å². The molecule has 1 aliphatic heterocycles. The number of rotatable bonds is 2. The third kappa shape index (κ3) is 2.32. The van der Waals surface area contributed by atoms with Crippen molar-refractivity contribution in [1.82, 2.24) is 0 Å². The van der Waals surface area contributed by atoms with Crippen LogP contribution < -0.4 is 0 Å². The van der Waals surface area contributed by atoms with Crippen LogP contribution in [-0.4, -0.2) is 22.9 Å². The van der Waals surface area contributed by atoms with Gasteiger partial charge in [0.05, 0.1) is 12.2 Å². The quantitative estimate of drug-likeness (QED) is 0.406. The topological polar surface area (TPSA) is 78.7 Å². The van der Waals surface area contributed by atoms with Gasteiger partial charge in [0.1, 0.15) is 0 Å². The smallest absolute Gasteiger partial charge is 0.301 e. The summed E-state index contributed by atoms with van der Waals surface area (Å²) in [6.07, 6.45) is 0.0907. The minimum absolute atomic E-state index is 0.257. The van der Waals surface area contributed by atoms with Crippen molar-refractivity contribution in [3.63, 3.8) is 0 Å². The van der Waals surface area contributed by atoms with Gasteiger partial charge in [0, 0.05) is 18.3 Å². The van der Waals surface area contributed by atoms with Gasteiger partial charge in [-0.15, -0.1) is 0 Å². The molecule has 6 nitrogen and oxygen atoms in total. The van der Waals surface area contributed by atoms with Crippen LogP contribution in [0.4, 0.5) is 0 Å². The Morgan fingerprint density at radius 3 is 2.21 bits per heavy atom. The lowest BCUT2D eigenvalue weighted by molar-refractivity contribution is -0.497. The number of hydrogen-bond acceptors (Lipinski definition) is 5. The third-order valence-electron chi connectivity index (χ3n) is 2.08. The largest absolute Gasteiger partial charge is 0.404 e. The van der Waals surface area contributed by atoms with Crippen LogP contribution in [0.5, 0.6) is 0 Å². The molecule has 0 radical (unpaired) electrons. The standard InChI is InChI=1S/C7H14NO5P/c1-5-4-6(2)13-14(11,12-5)7(3)8(9)10/h5-7H,4H2,1-3H3. The highest BCUT2D eigenvalue weighted by atomic mass is 31.2. The van der Waals surface area contributed by atoms with Crippen LogP contribution in [0.2, 0.25) is 0 Å². The second-order valence-corrected chi connectivity index (χ2v) is 5.77. The van der Waals surface area contributed by atoms with E-state index in [0.29, 0.717) is 6.42 Å². The molecule has 7 heteroatoms. The van der Waals surface area contributed by atoms with Crippen molar-refractivity contribution in [3.8, 4) is 0 Å². The van der Waals surface area contributed by atoms with Gasteiger partial charge in [-0.05, 0) is 13.8 Å². The second-order valence-electron chi connectivity index (χ2n) is 3.52. The summed E-state index contributed by atoms with van der Waals surface area (Å²) in [4.78, 5) is 9.86. The van der Waals surface area contributed by atoms with Crippen molar-refractivity contribution in [3.05, 3.63) is 10.1 Å². The van der Waals surface area contributed by atoms with E-state index in [4.69, 9.17) is 9.05 Å². The average molecular weight is 223 g/mol. The summed E-state index contributed by atoms with van der Waals surface area (Å²) in [5, 5.41) is 10.5. The Morgan fingerprint density at radius 1 is 1.43 bits per heavy atom. The number of nitro groups is 1. The van der Waals surface area contributed by atoms with Gasteiger partial charge in [0.15, 0.2) is 0 Å². The van der Waals surface area contributed by atoms with Crippen molar-refractivity contribution >= 4 is 7.60 Å². The third-order valence-corrected chi connectivity index (χ3v) is 4.49. The van der Waals surface area contributed by atoms with Crippen LogP contribution >= 0.6 is 7.60 Å². The molecule has 0 aromatic heterocycles. The number of hydrogen-bond donors (Lipinski definition) is 0. The van der Waals surface area contributed by atoms with E-state index >= 15 is 0 Å². The normalized spacial score (nSPS) is 40.5. The zero-order valence-corrected chi connectivity index (χ0v) is 9.27. The van der Waals surface area contributed by atoms with Crippen LogP contribution in [0.3, 0.4) is 0 Å². The van der Waals surface area contributed by atoms with Gasteiger partial charge in [0.2, 0.25) is 0 Å². The van der Waals surface area contributed by atoms with E-state index in [1.54, 1.807) is 13.8 Å². The highest BCUT2D eigenvalue weighted by Gasteiger charge is 2.47. The van der Waals surface area contributed by atoms with Crippen molar-refractivity contribution in [1.29, 1.82) is 0 Å². The highest BCUT2D eigenvalue weighted by molar-refractivity contribution is 7.54. The maximum absolute atomic E-state index is 11.9. The molecule has 82 valence electrons. The average Bonchev–Trinajstić information content (AvgIpc) is 1.99. The molecule has 1 rings (SSSR count). The molecule has 0 aromatic rings. The fourth-order valence-electron chi connectivity index (χ4n) is 1.37. The summed E-state index contributed by atoms with van der Waals surface area (Å²) >= 11 is 0. The molecule has 0 amide bonds. The molecule has 1 fully saturated rings. The molecular formula is C7H14NO5P. The van der Waals surface area contributed by atoms with Gasteiger partial charge in [0.25, 0.3) is 0 Å². The highest BCUT2D eigenvalue weighted by Crippen LogP contribution is 2.58. The Kier molecular flexibility index (Phi) is 3.29. The van der Waals surface area contributed by atoms with Crippen molar-refractivity contribution in [2.24, 2.45) is 0 Å². The van der Waals surface area contributed by atoms with Gasteiger partial charge >= 0.3 is 13.4 Å². The Hall–Kier alpha value is -0.450. The minimum atomic E-state index is -3.57.